The summed E-state index contributed by atoms with van der Waals surface area (Å²) in [4.78, 5) is -0.0658. The zero-order chi connectivity index (χ0) is 16.5. The van der Waals surface area contributed by atoms with Crippen molar-refractivity contribution in [1.82, 2.24) is 19.7 Å². The lowest BCUT2D eigenvalue weighted by Gasteiger charge is -2.06. The molecule has 0 aliphatic heterocycles. The van der Waals surface area contributed by atoms with Crippen LogP contribution in [-0.4, -0.2) is 29.9 Å². The van der Waals surface area contributed by atoms with Gasteiger partial charge in [0.05, 0.1) is 6.54 Å². The van der Waals surface area contributed by atoms with Gasteiger partial charge in [-0.3, -0.25) is 4.68 Å². The number of nitrogens with one attached hydrogen (secondary N) is 1. The van der Waals surface area contributed by atoms with Gasteiger partial charge < -0.3 is 4.52 Å². The predicted octanol–water partition coefficient (Wildman–Crippen LogP) is 1.49. The molecule has 1 N–H and O–H groups in total. The SMILES string of the molecule is Cc1noc(C)c1S(=O)(=O)NCCn1ccc(C(F)(F)F)n1. The molecule has 0 saturated carbocycles. The first kappa shape index (κ1) is 16.5. The molecule has 0 saturated heterocycles. The molecule has 0 aliphatic carbocycles. The van der Waals surface area contributed by atoms with Crippen molar-refractivity contribution in [2.75, 3.05) is 6.54 Å². The fraction of sp³-hybridized carbons (Fsp3) is 0.455. The number of rotatable bonds is 5. The van der Waals surface area contributed by atoms with E-state index in [0.29, 0.717) is 0 Å². The number of nitrogens with zero attached hydrogens (tertiary/aromatic N) is 3. The van der Waals surface area contributed by atoms with E-state index in [-0.39, 0.29) is 29.4 Å². The summed E-state index contributed by atoms with van der Waals surface area (Å²) in [6, 6.07) is 0.822. The zero-order valence-corrected chi connectivity index (χ0v) is 12.5. The fourth-order valence-electron chi connectivity index (χ4n) is 1.86. The van der Waals surface area contributed by atoms with Gasteiger partial charge >= 0.3 is 6.18 Å². The number of aryl methyl sites for hydroxylation is 2. The Morgan fingerprint density at radius 3 is 2.55 bits per heavy atom. The van der Waals surface area contributed by atoms with Gasteiger partial charge in [0.15, 0.2) is 11.5 Å². The molecule has 122 valence electrons. The zero-order valence-electron chi connectivity index (χ0n) is 11.7. The van der Waals surface area contributed by atoms with Gasteiger partial charge in [-0.05, 0) is 19.9 Å². The molecule has 0 spiro atoms. The summed E-state index contributed by atoms with van der Waals surface area (Å²) >= 11 is 0. The molecule has 2 aromatic rings. The van der Waals surface area contributed by atoms with Gasteiger partial charge in [0.25, 0.3) is 0 Å². The minimum absolute atomic E-state index is 0.0430. The van der Waals surface area contributed by atoms with Gasteiger partial charge in [-0.2, -0.15) is 18.3 Å². The second kappa shape index (κ2) is 5.72. The molecule has 22 heavy (non-hydrogen) atoms. The Kier molecular flexibility index (Phi) is 4.29. The normalized spacial score (nSPS) is 12.8. The van der Waals surface area contributed by atoms with Gasteiger partial charge in [-0.1, -0.05) is 5.16 Å². The van der Waals surface area contributed by atoms with Gasteiger partial charge in [-0.15, -0.1) is 0 Å². The summed E-state index contributed by atoms with van der Waals surface area (Å²) in [6.45, 7) is 2.77. The van der Waals surface area contributed by atoms with Gasteiger partial charge in [0.1, 0.15) is 10.6 Å². The van der Waals surface area contributed by atoms with Crippen molar-refractivity contribution in [2.24, 2.45) is 0 Å². The summed E-state index contributed by atoms with van der Waals surface area (Å²) in [5.41, 5.74) is -0.815. The van der Waals surface area contributed by atoms with Crippen LogP contribution in [0.3, 0.4) is 0 Å². The number of aromatic nitrogens is 3. The largest absolute Gasteiger partial charge is 0.435 e. The minimum atomic E-state index is -4.53. The van der Waals surface area contributed by atoms with Gasteiger partial charge in [0.2, 0.25) is 10.0 Å². The summed E-state index contributed by atoms with van der Waals surface area (Å²) in [7, 11) is -3.84. The Morgan fingerprint density at radius 2 is 2.05 bits per heavy atom. The van der Waals surface area contributed by atoms with Crippen LogP contribution in [0.1, 0.15) is 17.1 Å². The maximum absolute atomic E-state index is 12.4. The molecule has 2 heterocycles. The van der Waals surface area contributed by atoms with E-state index in [2.05, 4.69) is 15.0 Å². The third kappa shape index (κ3) is 3.47. The van der Waals surface area contributed by atoms with Crippen molar-refractivity contribution >= 4 is 10.0 Å². The molecule has 0 aliphatic rings. The molecule has 11 heteroatoms. The number of halogens is 3. The van der Waals surface area contributed by atoms with Crippen molar-refractivity contribution in [3.05, 3.63) is 29.4 Å². The number of alkyl halides is 3. The van der Waals surface area contributed by atoms with Crippen LogP contribution in [0.5, 0.6) is 0 Å². The first-order chi connectivity index (χ1) is 10.1. The Balaban J connectivity index is 2.01. The molecule has 2 aromatic heterocycles. The lowest BCUT2D eigenvalue weighted by Crippen LogP contribution is -2.28. The van der Waals surface area contributed by atoms with E-state index in [9.17, 15) is 21.6 Å². The van der Waals surface area contributed by atoms with Crippen LogP contribution in [0.15, 0.2) is 21.7 Å². The number of hydrogen-bond acceptors (Lipinski definition) is 5. The molecular weight excluding hydrogens is 325 g/mol. The standard InChI is InChI=1S/C11H13F3N4O3S/c1-7-10(8(2)21-17-7)22(19,20)15-4-6-18-5-3-9(16-18)11(12,13)14/h3,5,15H,4,6H2,1-2H3. The third-order valence-corrected chi connectivity index (χ3v) is 4.51. The molecule has 0 unspecified atom stereocenters. The first-order valence-corrected chi connectivity index (χ1v) is 7.63. The monoisotopic (exact) mass is 338 g/mol. The van der Waals surface area contributed by atoms with Crippen molar-refractivity contribution in [3.63, 3.8) is 0 Å². The Hall–Kier alpha value is -1.88. The Morgan fingerprint density at radius 1 is 1.36 bits per heavy atom. The molecule has 2 rings (SSSR count). The highest BCUT2D eigenvalue weighted by atomic mass is 32.2. The van der Waals surface area contributed by atoms with E-state index in [1.165, 1.54) is 13.8 Å². The molecule has 7 nitrogen and oxygen atoms in total. The quantitative estimate of drug-likeness (QED) is 0.892. The highest BCUT2D eigenvalue weighted by molar-refractivity contribution is 7.89. The molecule has 0 bridgehead atoms. The van der Waals surface area contributed by atoms with Crippen LogP contribution in [0, 0.1) is 13.8 Å². The molecule has 0 radical (unpaired) electrons. The first-order valence-electron chi connectivity index (χ1n) is 6.14. The highest BCUT2D eigenvalue weighted by Gasteiger charge is 2.33. The number of hydrogen-bond donors (Lipinski definition) is 1. The fourth-order valence-corrected chi connectivity index (χ4v) is 3.21. The Bertz CT molecular complexity index is 744. The van der Waals surface area contributed by atoms with Crippen molar-refractivity contribution in [3.8, 4) is 0 Å². The predicted molar refractivity (Wildman–Crippen MR) is 68.4 cm³/mol. The lowest BCUT2D eigenvalue weighted by molar-refractivity contribution is -0.141. The molecule has 0 aromatic carbocycles. The molecule has 0 amide bonds. The van der Waals surface area contributed by atoms with Crippen LogP contribution < -0.4 is 4.72 Å². The summed E-state index contributed by atoms with van der Waals surface area (Å²) in [6.07, 6.45) is -3.39. The second-order valence-electron chi connectivity index (χ2n) is 4.51. The van der Waals surface area contributed by atoms with E-state index in [1.54, 1.807) is 0 Å². The summed E-state index contributed by atoms with van der Waals surface area (Å²) in [5, 5.41) is 6.87. The maximum atomic E-state index is 12.4. The third-order valence-electron chi connectivity index (χ3n) is 2.80. The van der Waals surface area contributed by atoms with E-state index >= 15 is 0 Å². The average Bonchev–Trinajstić information content (AvgIpc) is 2.96. The van der Waals surface area contributed by atoms with E-state index in [4.69, 9.17) is 4.52 Å². The average molecular weight is 338 g/mol. The van der Waals surface area contributed by atoms with Gasteiger partial charge in [0, 0.05) is 12.7 Å². The Labute approximate surface area is 124 Å². The highest BCUT2D eigenvalue weighted by Crippen LogP contribution is 2.27. The summed E-state index contributed by atoms with van der Waals surface area (Å²) in [5.74, 6) is 0.142. The van der Waals surface area contributed by atoms with Crippen molar-refractivity contribution in [1.29, 1.82) is 0 Å². The second-order valence-corrected chi connectivity index (χ2v) is 6.22. The summed E-state index contributed by atoms with van der Waals surface area (Å²) < 4.78 is 69.3. The van der Waals surface area contributed by atoms with Crippen LogP contribution in [-0.2, 0) is 22.7 Å². The topological polar surface area (TPSA) is 90.0 Å². The molecular formula is C11H13F3N4O3S. The van der Waals surface area contributed by atoms with Crippen molar-refractivity contribution < 1.29 is 26.1 Å². The number of sulfonamides is 1. The maximum Gasteiger partial charge on any atom is 0.435 e. The van der Waals surface area contributed by atoms with E-state index in [1.807, 2.05) is 0 Å². The smallest absolute Gasteiger partial charge is 0.360 e. The van der Waals surface area contributed by atoms with Crippen molar-refractivity contribution in [2.45, 2.75) is 31.5 Å². The lowest BCUT2D eigenvalue weighted by atomic mass is 10.4. The van der Waals surface area contributed by atoms with E-state index < -0.39 is 21.9 Å². The van der Waals surface area contributed by atoms with E-state index in [0.717, 1.165) is 16.9 Å². The van der Waals surface area contributed by atoms with Crippen LogP contribution >= 0.6 is 0 Å². The van der Waals surface area contributed by atoms with Crippen LogP contribution in [0.4, 0.5) is 13.2 Å². The molecule has 0 fully saturated rings. The van der Waals surface area contributed by atoms with Crippen LogP contribution in [0.2, 0.25) is 0 Å². The minimum Gasteiger partial charge on any atom is -0.360 e. The molecule has 0 atom stereocenters. The van der Waals surface area contributed by atoms with Crippen LogP contribution in [0.25, 0.3) is 0 Å². The van der Waals surface area contributed by atoms with Gasteiger partial charge in [-0.25, -0.2) is 13.1 Å².